The van der Waals surface area contributed by atoms with E-state index < -0.39 is 0 Å². The number of carbonyl (C=O) groups is 1. The lowest BCUT2D eigenvalue weighted by atomic mass is 10.5. The first-order chi connectivity index (χ1) is 6.06. The monoisotopic (exact) mass is 222 g/mol. The summed E-state index contributed by atoms with van der Waals surface area (Å²) in [6, 6.07) is 0. The summed E-state index contributed by atoms with van der Waals surface area (Å²) in [6.45, 7) is 5.53. The first-order valence-corrected chi connectivity index (χ1v) is 5.44. The van der Waals surface area contributed by atoms with Crippen LogP contribution in [0, 0.1) is 0 Å². The van der Waals surface area contributed by atoms with Gasteiger partial charge in [0.05, 0.1) is 6.10 Å². The molecule has 0 heterocycles. The molecule has 13 heavy (non-hydrogen) atoms. The standard InChI is InChI=1S/C8H14O3S2/c1-4-7(9)10-5-13-8(12)11-6(2)3/h6H,4-5H2,1-3H3. The maximum atomic E-state index is 10.7. The highest BCUT2D eigenvalue weighted by Gasteiger charge is 2.03. The molecule has 0 fully saturated rings. The van der Waals surface area contributed by atoms with E-state index in [2.05, 4.69) is 0 Å². The van der Waals surface area contributed by atoms with Gasteiger partial charge < -0.3 is 9.47 Å². The van der Waals surface area contributed by atoms with Crippen LogP contribution in [0.3, 0.4) is 0 Å². The first-order valence-electron chi connectivity index (χ1n) is 4.05. The summed E-state index contributed by atoms with van der Waals surface area (Å²) in [4.78, 5) is 10.7. The molecule has 0 aromatic heterocycles. The first kappa shape index (κ1) is 12.7. The summed E-state index contributed by atoms with van der Waals surface area (Å²) in [5.41, 5.74) is 0. The Labute approximate surface area is 88.2 Å². The second-order valence-corrected chi connectivity index (χ2v) is 4.07. The Morgan fingerprint density at radius 1 is 1.54 bits per heavy atom. The Morgan fingerprint density at radius 2 is 2.15 bits per heavy atom. The van der Waals surface area contributed by atoms with Crippen LogP contribution in [0.15, 0.2) is 0 Å². The van der Waals surface area contributed by atoms with Gasteiger partial charge in [0.15, 0.2) is 0 Å². The number of thioether (sulfide) groups is 1. The van der Waals surface area contributed by atoms with Gasteiger partial charge in [-0.05, 0) is 37.8 Å². The van der Waals surface area contributed by atoms with Crippen LogP contribution in [-0.4, -0.2) is 22.4 Å². The maximum Gasteiger partial charge on any atom is 0.306 e. The molecule has 0 spiro atoms. The Morgan fingerprint density at radius 3 is 2.62 bits per heavy atom. The SMILES string of the molecule is CCC(=O)OCSC(=S)OC(C)C. The van der Waals surface area contributed by atoms with Crippen LogP contribution >= 0.6 is 24.0 Å². The second kappa shape index (κ2) is 7.15. The fourth-order valence-corrected chi connectivity index (χ4v) is 1.36. The summed E-state index contributed by atoms with van der Waals surface area (Å²) in [5, 5.41) is 0. The van der Waals surface area contributed by atoms with Crippen molar-refractivity contribution in [2.45, 2.75) is 33.3 Å². The molecule has 0 atom stereocenters. The molecule has 0 N–H and O–H groups in total. The van der Waals surface area contributed by atoms with E-state index in [0.29, 0.717) is 10.8 Å². The van der Waals surface area contributed by atoms with Crippen molar-refractivity contribution in [3.63, 3.8) is 0 Å². The predicted octanol–water partition coefficient (Wildman–Crippen LogP) is 2.34. The van der Waals surface area contributed by atoms with Gasteiger partial charge in [0.25, 0.3) is 0 Å². The van der Waals surface area contributed by atoms with Gasteiger partial charge in [-0.25, -0.2) is 0 Å². The predicted molar refractivity (Wildman–Crippen MR) is 57.7 cm³/mol. The number of esters is 1. The third-order valence-electron chi connectivity index (χ3n) is 1.02. The smallest absolute Gasteiger partial charge is 0.306 e. The highest BCUT2D eigenvalue weighted by Crippen LogP contribution is 2.08. The van der Waals surface area contributed by atoms with Crippen LogP contribution in [-0.2, 0) is 14.3 Å². The van der Waals surface area contributed by atoms with Gasteiger partial charge in [0.2, 0.25) is 4.38 Å². The Hall–Kier alpha value is -0.290. The number of carbonyl (C=O) groups excluding carboxylic acids is 1. The molecular formula is C8H14O3S2. The average molecular weight is 222 g/mol. The van der Waals surface area contributed by atoms with Crippen molar-refractivity contribution >= 4 is 34.3 Å². The van der Waals surface area contributed by atoms with Crippen LogP contribution in [0.1, 0.15) is 27.2 Å². The molecule has 0 saturated heterocycles. The van der Waals surface area contributed by atoms with E-state index in [0.717, 1.165) is 0 Å². The van der Waals surface area contributed by atoms with Gasteiger partial charge in [0.1, 0.15) is 5.94 Å². The van der Waals surface area contributed by atoms with Crippen molar-refractivity contribution in [3.05, 3.63) is 0 Å². The Balaban J connectivity index is 3.42. The van der Waals surface area contributed by atoms with Crippen LogP contribution in [0.4, 0.5) is 0 Å². The van der Waals surface area contributed by atoms with Crippen molar-refractivity contribution in [2.75, 3.05) is 5.94 Å². The minimum absolute atomic E-state index is 0.0712. The summed E-state index contributed by atoms with van der Waals surface area (Å²) in [7, 11) is 0. The highest BCUT2D eigenvalue weighted by molar-refractivity contribution is 8.22. The molecule has 0 radical (unpaired) electrons. The molecule has 0 unspecified atom stereocenters. The molecule has 0 aliphatic carbocycles. The van der Waals surface area contributed by atoms with E-state index in [1.165, 1.54) is 11.8 Å². The molecule has 0 aliphatic rings. The molecule has 0 aromatic carbocycles. The minimum Gasteiger partial charge on any atom is -0.476 e. The Bertz CT molecular complexity index is 180. The summed E-state index contributed by atoms with van der Waals surface area (Å²) in [6.07, 6.45) is 0.458. The fraction of sp³-hybridized carbons (Fsp3) is 0.750. The summed E-state index contributed by atoms with van der Waals surface area (Å²) < 4.78 is 10.4. The zero-order chi connectivity index (χ0) is 10.3. The molecule has 0 saturated carbocycles. The number of hydrogen-bond donors (Lipinski definition) is 0. The quantitative estimate of drug-likeness (QED) is 0.414. The van der Waals surface area contributed by atoms with E-state index in [1.54, 1.807) is 6.92 Å². The topological polar surface area (TPSA) is 35.5 Å². The lowest BCUT2D eigenvalue weighted by Crippen LogP contribution is -2.08. The maximum absolute atomic E-state index is 10.7. The number of hydrogen-bond acceptors (Lipinski definition) is 5. The second-order valence-electron chi connectivity index (χ2n) is 2.55. The van der Waals surface area contributed by atoms with Crippen molar-refractivity contribution in [1.29, 1.82) is 0 Å². The highest BCUT2D eigenvalue weighted by atomic mass is 32.2. The molecule has 0 amide bonds. The molecule has 5 heteroatoms. The third kappa shape index (κ3) is 8.05. The molecule has 0 aliphatic heterocycles. The number of ether oxygens (including phenoxy) is 2. The number of thiocarbonyl (C=S) groups is 1. The molecule has 0 aromatic rings. The summed E-state index contributed by atoms with van der Waals surface area (Å²) >= 11 is 6.08. The van der Waals surface area contributed by atoms with Crippen molar-refractivity contribution < 1.29 is 14.3 Å². The van der Waals surface area contributed by atoms with Gasteiger partial charge in [-0.1, -0.05) is 6.92 Å². The molecule has 0 bridgehead atoms. The van der Waals surface area contributed by atoms with Crippen molar-refractivity contribution in [3.8, 4) is 0 Å². The van der Waals surface area contributed by atoms with E-state index in [4.69, 9.17) is 21.7 Å². The third-order valence-corrected chi connectivity index (χ3v) is 2.03. The molecule has 3 nitrogen and oxygen atoms in total. The normalized spacial score (nSPS) is 9.85. The summed E-state index contributed by atoms with van der Waals surface area (Å²) in [5.74, 6) is 0.0120. The zero-order valence-corrected chi connectivity index (χ0v) is 9.67. The van der Waals surface area contributed by atoms with Gasteiger partial charge in [-0.15, -0.1) is 0 Å². The molecular weight excluding hydrogens is 208 g/mol. The van der Waals surface area contributed by atoms with E-state index >= 15 is 0 Å². The van der Waals surface area contributed by atoms with Crippen LogP contribution in [0.25, 0.3) is 0 Å². The van der Waals surface area contributed by atoms with Gasteiger partial charge >= 0.3 is 5.97 Å². The van der Waals surface area contributed by atoms with E-state index in [1.807, 2.05) is 13.8 Å². The van der Waals surface area contributed by atoms with E-state index in [-0.39, 0.29) is 18.0 Å². The van der Waals surface area contributed by atoms with Crippen LogP contribution in [0.2, 0.25) is 0 Å². The molecule has 76 valence electrons. The lowest BCUT2D eigenvalue weighted by molar-refractivity contribution is -0.140. The van der Waals surface area contributed by atoms with Gasteiger partial charge in [-0.3, -0.25) is 4.79 Å². The van der Waals surface area contributed by atoms with Crippen molar-refractivity contribution in [2.24, 2.45) is 0 Å². The lowest BCUT2D eigenvalue weighted by Gasteiger charge is -2.09. The minimum atomic E-state index is -0.222. The molecule has 0 rings (SSSR count). The van der Waals surface area contributed by atoms with Crippen LogP contribution in [0.5, 0.6) is 0 Å². The fourth-order valence-electron chi connectivity index (χ4n) is 0.472. The van der Waals surface area contributed by atoms with E-state index in [9.17, 15) is 4.79 Å². The average Bonchev–Trinajstić information content (AvgIpc) is 2.02. The van der Waals surface area contributed by atoms with Gasteiger partial charge in [-0.2, -0.15) is 0 Å². The zero-order valence-electron chi connectivity index (χ0n) is 8.03. The Kier molecular flexibility index (Phi) is 6.99. The van der Waals surface area contributed by atoms with Crippen molar-refractivity contribution in [1.82, 2.24) is 0 Å². The number of rotatable bonds is 4. The van der Waals surface area contributed by atoms with Gasteiger partial charge in [0, 0.05) is 6.42 Å². The largest absolute Gasteiger partial charge is 0.476 e. The van der Waals surface area contributed by atoms with Crippen LogP contribution < -0.4 is 0 Å².